The van der Waals surface area contributed by atoms with Gasteiger partial charge in [-0.2, -0.15) is 11.8 Å². The van der Waals surface area contributed by atoms with E-state index in [4.69, 9.17) is 4.84 Å². The van der Waals surface area contributed by atoms with Crippen LogP contribution in [0.2, 0.25) is 0 Å². The zero-order valence-electron chi connectivity index (χ0n) is 10.0. The summed E-state index contributed by atoms with van der Waals surface area (Å²) in [5.41, 5.74) is 1.95. The third-order valence-electron chi connectivity index (χ3n) is 2.74. The molecule has 0 aromatic heterocycles. The lowest BCUT2D eigenvalue weighted by molar-refractivity contribution is -0.144. The maximum Gasteiger partial charge on any atom is 0.277 e. The number of benzene rings is 1. The molecule has 1 aliphatic heterocycles. The maximum absolute atomic E-state index is 12.1. The summed E-state index contributed by atoms with van der Waals surface area (Å²) in [6.45, 7) is 1.35. The van der Waals surface area contributed by atoms with E-state index in [1.165, 1.54) is 10.6 Å². The molecule has 0 N–H and O–H groups in total. The summed E-state index contributed by atoms with van der Waals surface area (Å²) in [6.07, 6.45) is 4.13. The van der Waals surface area contributed by atoms with Gasteiger partial charge in [-0.3, -0.25) is 9.63 Å². The van der Waals surface area contributed by atoms with Gasteiger partial charge >= 0.3 is 0 Å². The molecule has 1 aromatic carbocycles. The lowest BCUT2D eigenvalue weighted by atomic mass is 10.1. The number of hydrogen-bond donors (Lipinski definition) is 0. The predicted octanol–water partition coefficient (Wildman–Crippen LogP) is 2.72. The zero-order chi connectivity index (χ0) is 12.1. The van der Waals surface area contributed by atoms with Crippen LogP contribution in [0.15, 0.2) is 24.3 Å². The SMILES string of the molecule is CSCc1ccc(C(=O)N2CCCCO2)cc1. The third-order valence-corrected chi connectivity index (χ3v) is 3.36. The molecule has 17 heavy (non-hydrogen) atoms. The summed E-state index contributed by atoms with van der Waals surface area (Å²) in [5, 5.41) is 1.48. The molecule has 1 aliphatic rings. The van der Waals surface area contributed by atoms with Gasteiger partial charge in [0.05, 0.1) is 6.61 Å². The number of thioether (sulfide) groups is 1. The highest BCUT2D eigenvalue weighted by Crippen LogP contribution is 2.14. The molecule has 4 heteroatoms. The van der Waals surface area contributed by atoms with Gasteiger partial charge in [0.2, 0.25) is 0 Å². The molecule has 0 saturated carbocycles. The quantitative estimate of drug-likeness (QED) is 0.827. The van der Waals surface area contributed by atoms with Crippen molar-refractivity contribution in [1.82, 2.24) is 5.06 Å². The topological polar surface area (TPSA) is 29.5 Å². The molecule has 0 unspecified atom stereocenters. The Morgan fingerprint density at radius 2 is 2.12 bits per heavy atom. The van der Waals surface area contributed by atoms with E-state index >= 15 is 0 Å². The summed E-state index contributed by atoms with van der Waals surface area (Å²) in [4.78, 5) is 17.4. The van der Waals surface area contributed by atoms with Crippen molar-refractivity contribution in [3.8, 4) is 0 Å². The molecule has 1 heterocycles. The normalized spacial score (nSPS) is 15.9. The molecule has 92 valence electrons. The van der Waals surface area contributed by atoms with Crippen molar-refractivity contribution >= 4 is 17.7 Å². The van der Waals surface area contributed by atoms with Gasteiger partial charge in [-0.25, -0.2) is 5.06 Å². The zero-order valence-corrected chi connectivity index (χ0v) is 10.8. The standard InChI is InChI=1S/C13H17NO2S/c1-17-10-11-4-6-12(7-5-11)13(15)14-8-2-3-9-16-14/h4-7H,2-3,8-10H2,1H3. The Morgan fingerprint density at radius 1 is 1.35 bits per heavy atom. The molecular weight excluding hydrogens is 234 g/mol. The first-order chi connectivity index (χ1) is 8.31. The fourth-order valence-corrected chi connectivity index (χ4v) is 2.34. The molecule has 1 aromatic rings. The van der Waals surface area contributed by atoms with E-state index in [1.54, 1.807) is 11.8 Å². The van der Waals surface area contributed by atoms with Gasteiger partial charge in [0.1, 0.15) is 0 Å². The van der Waals surface area contributed by atoms with Crippen molar-refractivity contribution in [2.75, 3.05) is 19.4 Å². The fourth-order valence-electron chi connectivity index (χ4n) is 1.81. The predicted molar refractivity (Wildman–Crippen MR) is 69.9 cm³/mol. The number of hydroxylamine groups is 2. The van der Waals surface area contributed by atoms with Crippen LogP contribution in [0, 0.1) is 0 Å². The van der Waals surface area contributed by atoms with Gasteiger partial charge in [-0.05, 0) is 36.8 Å². The molecule has 1 saturated heterocycles. The maximum atomic E-state index is 12.1. The number of carbonyl (C=O) groups is 1. The van der Waals surface area contributed by atoms with Crippen molar-refractivity contribution < 1.29 is 9.63 Å². The first-order valence-corrected chi connectivity index (χ1v) is 7.23. The van der Waals surface area contributed by atoms with Crippen LogP contribution in [0.5, 0.6) is 0 Å². The Hall–Kier alpha value is -1.00. The Labute approximate surface area is 106 Å². The average molecular weight is 251 g/mol. The van der Waals surface area contributed by atoms with Gasteiger partial charge in [0, 0.05) is 17.9 Å². The van der Waals surface area contributed by atoms with E-state index in [9.17, 15) is 4.79 Å². The molecule has 1 amide bonds. The second-order valence-electron chi connectivity index (χ2n) is 4.08. The molecule has 0 bridgehead atoms. The Kier molecular flexibility index (Phi) is 4.45. The van der Waals surface area contributed by atoms with Gasteiger partial charge in [0.15, 0.2) is 0 Å². The second kappa shape index (κ2) is 6.07. The highest BCUT2D eigenvalue weighted by atomic mass is 32.2. The van der Waals surface area contributed by atoms with E-state index in [-0.39, 0.29) is 5.91 Å². The minimum Gasteiger partial charge on any atom is -0.271 e. The molecule has 0 atom stereocenters. The number of amides is 1. The minimum absolute atomic E-state index is 0.0274. The molecule has 0 radical (unpaired) electrons. The van der Waals surface area contributed by atoms with E-state index < -0.39 is 0 Å². The van der Waals surface area contributed by atoms with Crippen LogP contribution in [0.4, 0.5) is 0 Å². The number of hydrogen-bond acceptors (Lipinski definition) is 3. The lowest BCUT2D eigenvalue weighted by Crippen LogP contribution is -2.35. The molecule has 0 spiro atoms. The number of carbonyl (C=O) groups excluding carboxylic acids is 1. The van der Waals surface area contributed by atoms with Crippen molar-refractivity contribution in [3.05, 3.63) is 35.4 Å². The van der Waals surface area contributed by atoms with Gasteiger partial charge in [-0.15, -0.1) is 0 Å². The van der Waals surface area contributed by atoms with Crippen LogP contribution in [-0.4, -0.2) is 30.4 Å². The monoisotopic (exact) mass is 251 g/mol. The summed E-state index contributed by atoms with van der Waals surface area (Å²) in [7, 11) is 0. The first kappa shape index (κ1) is 12.5. The van der Waals surface area contributed by atoms with Crippen LogP contribution in [0.25, 0.3) is 0 Å². The lowest BCUT2D eigenvalue weighted by Gasteiger charge is -2.25. The second-order valence-corrected chi connectivity index (χ2v) is 4.94. The van der Waals surface area contributed by atoms with Gasteiger partial charge < -0.3 is 0 Å². The summed E-state index contributed by atoms with van der Waals surface area (Å²) in [5.74, 6) is 0.953. The van der Waals surface area contributed by atoms with Crippen LogP contribution >= 0.6 is 11.8 Å². The van der Waals surface area contributed by atoms with Crippen LogP contribution < -0.4 is 0 Å². The summed E-state index contributed by atoms with van der Waals surface area (Å²) >= 11 is 1.78. The molecule has 2 rings (SSSR count). The Balaban J connectivity index is 2.03. The van der Waals surface area contributed by atoms with E-state index in [2.05, 4.69) is 6.26 Å². The van der Waals surface area contributed by atoms with Gasteiger partial charge in [0.25, 0.3) is 5.91 Å². The first-order valence-electron chi connectivity index (χ1n) is 5.84. The van der Waals surface area contributed by atoms with Crippen molar-refractivity contribution in [2.45, 2.75) is 18.6 Å². The van der Waals surface area contributed by atoms with Crippen LogP contribution in [0.1, 0.15) is 28.8 Å². The fraction of sp³-hybridized carbons (Fsp3) is 0.462. The summed E-state index contributed by atoms with van der Waals surface area (Å²) < 4.78 is 0. The van der Waals surface area contributed by atoms with E-state index in [0.717, 1.165) is 18.6 Å². The third kappa shape index (κ3) is 3.23. The molecule has 3 nitrogen and oxygen atoms in total. The number of rotatable bonds is 3. The van der Waals surface area contributed by atoms with E-state index in [1.807, 2.05) is 24.3 Å². The number of nitrogens with zero attached hydrogens (tertiary/aromatic N) is 1. The summed E-state index contributed by atoms with van der Waals surface area (Å²) in [6, 6.07) is 7.78. The molecular formula is C13H17NO2S. The van der Waals surface area contributed by atoms with Crippen LogP contribution in [0.3, 0.4) is 0 Å². The highest BCUT2D eigenvalue weighted by Gasteiger charge is 2.18. The van der Waals surface area contributed by atoms with E-state index in [0.29, 0.717) is 18.7 Å². The smallest absolute Gasteiger partial charge is 0.271 e. The minimum atomic E-state index is -0.0274. The van der Waals surface area contributed by atoms with Crippen molar-refractivity contribution in [3.63, 3.8) is 0 Å². The molecule has 1 fully saturated rings. The largest absolute Gasteiger partial charge is 0.277 e. The van der Waals surface area contributed by atoms with Gasteiger partial charge in [-0.1, -0.05) is 12.1 Å². The highest BCUT2D eigenvalue weighted by molar-refractivity contribution is 7.97. The molecule has 0 aliphatic carbocycles. The van der Waals surface area contributed by atoms with Crippen molar-refractivity contribution in [2.24, 2.45) is 0 Å². The van der Waals surface area contributed by atoms with Crippen molar-refractivity contribution in [1.29, 1.82) is 0 Å². The van der Waals surface area contributed by atoms with Crippen LogP contribution in [-0.2, 0) is 10.6 Å². The average Bonchev–Trinajstić information content (AvgIpc) is 2.40. The Bertz CT molecular complexity index is 372. The Morgan fingerprint density at radius 3 is 2.71 bits per heavy atom.